The van der Waals surface area contributed by atoms with Gasteiger partial charge < -0.3 is 10.1 Å². The van der Waals surface area contributed by atoms with Gasteiger partial charge in [-0.15, -0.1) is 11.3 Å². The van der Waals surface area contributed by atoms with Gasteiger partial charge in [0.25, 0.3) is 11.5 Å². The number of rotatable bonds is 3. The molecule has 26 heavy (non-hydrogen) atoms. The second-order valence-electron chi connectivity index (χ2n) is 6.48. The molecular formula is C19H19N3O3S. The van der Waals surface area contributed by atoms with Crippen LogP contribution in [0.1, 0.15) is 33.0 Å². The predicted octanol–water partition coefficient (Wildman–Crippen LogP) is 3.28. The van der Waals surface area contributed by atoms with E-state index >= 15 is 0 Å². The number of carbonyl (C=O) groups is 1. The number of anilines is 1. The molecule has 7 heteroatoms. The van der Waals surface area contributed by atoms with Crippen molar-refractivity contribution in [2.75, 3.05) is 12.4 Å². The number of hydrogen-bond acceptors (Lipinski definition) is 5. The molecule has 3 aromatic rings. The van der Waals surface area contributed by atoms with Crippen LogP contribution in [0.4, 0.5) is 5.69 Å². The fourth-order valence-corrected chi connectivity index (χ4v) is 4.48. The average Bonchev–Trinajstić information content (AvgIpc) is 3.20. The Hall–Kier alpha value is -2.67. The van der Waals surface area contributed by atoms with Crippen LogP contribution < -0.4 is 15.6 Å². The van der Waals surface area contributed by atoms with E-state index in [1.165, 1.54) is 11.3 Å². The number of amides is 1. The first-order valence-electron chi connectivity index (χ1n) is 8.48. The topological polar surface area (TPSA) is 73.2 Å². The van der Waals surface area contributed by atoms with Gasteiger partial charge in [0.05, 0.1) is 23.1 Å². The van der Waals surface area contributed by atoms with Gasteiger partial charge in [-0.3, -0.25) is 14.2 Å². The zero-order valence-corrected chi connectivity index (χ0v) is 15.7. The Balaban J connectivity index is 1.77. The van der Waals surface area contributed by atoms with Gasteiger partial charge in [-0.1, -0.05) is 6.07 Å². The third kappa shape index (κ3) is 2.59. The molecule has 134 valence electrons. The van der Waals surface area contributed by atoms with Crippen molar-refractivity contribution >= 4 is 33.1 Å². The van der Waals surface area contributed by atoms with E-state index in [0.29, 0.717) is 38.6 Å². The summed E-state index contributed by atoms with van der Waals surface area (Å²) in [4.78, 5) is 31.4. The number of hydrogen-bond donors (Lipinski definition) is 1. The zero-order valence-electron chi connectivity index (χ0n) is 14.9. The highest BCUT2D eigenvalue weighted by Crippen LogP contribution is 2.31. The summed E-state index contributed by atoms with van der Waals surface area (Å²) in [5.41, 5.74) is 2.28. The van der Waals surface area contributed by atoms with Crippen molar-refractivity contribution in [1.29, 1.82) is 0 Å². The number of carbonyl (C=O) groups excluding carboxylic acids is 1. The summed E-state index contributed by atoms with van der Waals surface area (Å²) >= 11 is 1.27. The normalized spacial score (nSPS) is 13.0. The third-order valence-electron chi connectivity index (χ3n) is 4.72. The summed E-state index contributed by atoms with van der Waals surface area (Å²) in [7, 11) is 1.57. The van der Waals surface area contributed by atoms with Crippen LogP contribution in [0.2, 0.25) is 0 Å². The lowest BCUT2D eigenvalue weighted by Gasteiger charge is -2.10. The van der Waals surface area contributed by atoms with E-state index in [1.54, 1.807) is 11.7 Å². The Labute approximate surface area is 154 Å². The van der Waals surface area contributed by atoms with Crippen molar-refractivity contribution in [3.05, 3.63) is 50.4 Å². The van der Waals surface area contributed by atoms with Crippen molar-refractivity contribution in [3.63, 3.8) is 0 Å². The molecule has 0 bridgehead atoms. The number of nitrogens with zero attached hydrogens (tertiary/aromatic N) is 2. The van der Waals surface area contributed by atoms with Crippen molar-refractivity contribution in [3.8, 4) is 5.75 Å². The van der Waals surface area contributed by atoms with Gasteiger partial charge in [-0.25, -0.2) is 4.98 Å². The lowest BCUT2D eigenvalue weighted by Crippen LogP contribution is -2.20. The van der Waals surface area contributed by atoms with Crippen LogP contribution >= 0.6 is 11.3 Å². The molecule has 0 unspecified atom stereocenters. The summed E-state index contributed by atoms with van der Waals surface area (Å²) in [5.74, 6) is 1.16. The molecule has 6 nitrogen and oxygen atoms in total. The van der Waals surface area contributed by atoms with E-state index in [2.05, 4.69) is 10.3 Å². The summed E-state index contributed by atoms with van der Waals surface area (Å²) in [6, 6.07) is 5.61. The van der Waals surface area contributed by atoms with Crippen molar-refractivity contribution in [2.24, 2.45) is 0 Å². The molecule has 0 saturated carbocycles. The minimum atomic E-state index is -0.251. The van der Waals surface area contributed by atoms with Crippen LogP contribution in [0.25, 0.3) is 10.2 Å². The van der Waals surface area contributed by atoms with Crippen LogP contribution in [-0.4, -0.2) is 22.6 Å². The van der Waals surface area contributed by atoms with E-state index in [1.807, 2.05) is 32.0 Å². The number of methoxy groups -OCH3 is 1. The summed E-state index contributed by atoms with van der Waals surface area (Å²) in [6.45, 7) is 4.47. The Kier molecular flexibility index (Phi) is 4.03. The van der Waals surface area contributed by atoms with Crippen LogP contribution in [-0.2, 0) is 13.0 Å². The number of aromatic nitrogens is 2. The number of thiophene rings is 1. The fourth-order valence-electron chi connectivity index (χ4n) is 3.39. The van der Waals surface area contributed by atoms with Gasteiger partial charge in [-0.05, 0) is 43.5 Å². The largest absolute Gasteiger partial charge is 0.495 e. The fraction of sp³-hybridized carbons (Fsp3) is 0.316. The SMILES string of the molecule is COc1ccc(C)cc1NC(=O)c1sc2nc3n(c(=O)c2c1C)CCC3. The predicted molar refractivity (Wildman–Crippen MR) is 103 cm³/mol. The molecule has 2 aromatic heterocycles. The van der Waals surface area contributed by atoms with Gasteiger partial charge in [0.15, 0.2) is 0 Å². The Morgan fingerprint density at radius 2 is 2.15 bits per heavy atom. The first kappa shape index (κ1) is 16.8. The van der Waals surface area contributed by atoms with E-state index < -0.39 is 0 Å². The maximum absolute atomic E-state index is 12.9. The van der Waals surface area contributed by atoms with E-state index in [4.69, 9.17) is 4.74 Å². The van der Waals surface area contributed by atoms with E-state index in [0.717, 1.165) is 24.2 Å². The highest BCUT2D eigenvalue weighted by Gasteiger charge is 2.23. The molecular weight excluding hydrogens is 350 g/mol. The molecule has 0 atom stereocenters. The van der Waals surface area contributed by atoms with Gasteiger partial charge >= 0.3 is 0 Å². The standard InChI is InChI=1S/C19H19N3O3S/c1-10-6-7-13(25-3)12(9-10)20-17(23)16-11(2)15-18(26-16)21-14-5-4-8-22(14)19(15)24/h6-7,9H,4-5,8H2,1-3H3,(H,20,23). The Morgan fingerprint density at radius 1 is 1.35 bits per heavy atom. The van der Waals surface area contributed by atoms with Crippen molar-refractivity contribution in [1.82, 2.24) is 9.55 Å². The second kappa shape index (κ2) is 6.25. The maximum Gasteiger partial charge on any atom is 0.266 e. The lowest BCUT2D eigenvalue weighted by molar-refractivity contribution is 0.102. The first-order valence-corrected chi connectivity index (χ1v) is 9.30. The minimum Gasteiger partial charge on any atom is -0.495 e. The number of nitrogens with one attached hydrogen (secondary N) is 1. The maximum atomic E-state index is 12.9. The van der Waals surface area contributed by atoms with Gasteiger partial charge in [0, 0.05) is 13.0 Å². The van der Waals surface area contributed by atoms with E-state index in [9.17, 15) is 9.59 Å². The monoisotopic (exact) mass is 369 g/mol. The average molecular weight is 369 g/mol. The quantitative estimate of drug-likeness (QED) is 0.769. The van der Waals surface area contributed by atoms with E-state index in [-0.39, 0.29) is 11.5 Å². The molecule has 1 aliphatic heterocycles. The summed E-state index contributed by atoms with van der Waals surface area (Å²) in [6.07, 6.45) is 1.75. The molecule has 0 spiro atoms. The highest BCUT2D eigenvalue weighted by molar-refractivity contribution is 7.20. The molecule has 0 saturated heterocycles. The van der Waals surface area contributed by atoms with Crippen molar-refractivity contribution < 1.29 is 9.53 Å². The molecule has 0 fully saturated rings. The molecule has 1 aliphatic rings. The third-order valence-corrected chi connectivity index (χ3v) is 5.91. The van der Waals surface area contributed by atoms with Crippen LogP contribution in [0.15, 0.2) is 23.0 Å². The number of fused-ring (bicyclic) bond motifs is 2. The molecule has 1 N–H and O–H groups in total. The second-order valence-corrected chi connectivity index (χ2v) is 7.48. The summed E-state index contributed by atoms with van der Waals surface area (Å²) < 4.78 is 7.05. The number of ether oxygens (including phenoxy) is 1. The van der Waals surface area contributed by atoms with Crippen LogP contribution in [0, 0.1) is 13.8 Å². The van der Waals surface area contributed by atoms with Gasteiger partial charge in [0.2, 0.25) is 0 Å². The molecule has 0 radical (unpaired) electrons. The first-order chi connectivity index (χ1) is 12.5. The number of benzene rings is 1. The molecule has 3 heterocycles. The molecule has 4 rings (SSSR count). The molecule has 1 aromatic carbocycles. The highest BCUT2D eigenvalue weighted by atomic mass is 32.1. The summed E-state index contributed by atoms with van der Waals surface area (Å²) in [5, 5.41) is 3.46. The molecule has 0 aliphatic carbocycles. The van der Waals surface area contributed by atoms with Crippen LogP contribution in [0.3, 0.4) is 0 Å². The number of aryl methyl sites for hydroxylation is 3. The Morgan fingerprint density at radius 3 is 2.92 bits per heavy atom. The lowest BCUT2D eigenvalue weighted by atomic mass is 10.2. The Bertz CT molecular complexity index is 1100. The molecule has 1 amide bonds. The zero-order chi connectivity index (χ0) is 18.4. The van der Waals surface area contributed by atoms with Gasteiger partial charge in [0.1, 0.15) is 16.4 Å². The van der Waals surface area contributed by atoms with Crippen molar-refractivity contribution in [2.45, 2.75) is 33.2 Å². The van der Waals surface area contributed by atoms with Gasteiger partial charge in [-0.2, -0.15) is 0 Å². The minimum absolute atomic E-state index is 0.0385. The smallest absolute Gasteiger partial charge is 0.266 e. The van der Waals surface area contributed by atoms with Crippen LogP contribution in [0.5, 0.6) is 5.75 Å².